The summed E-state index contributed by atoms with van der Waals surface area (Å²) in [4.78, 5) is 17.8. The van der Waals surface area contributed by atoms with Gasteiger partial charge >= 0.3 is 0 Å². The van der Waals surface area contributed by atoms with Crippen molar-refractivity contribution in [3.05, 3.63) is 23.6 Å². The van der Waals surface area contributed by atoms with E-state index in [1.54, 1.807) is 19.1 Å². The lowest BCUT2D eigenvalue weighted by Crippen LogP contribution is -2.61. The van der Waals surface area contributed by atoms with Crippen molar-refractivity contribution in [1.29, 1.82) is 0 Å². The number of nitrogens with one attached hydrogen (secondary N) is 1. The van der Waals surface area contributed by atoms with Crippen LogP contribution in [0.25, 0.3) is 0 Å². The molecule has 0 aromatic rings. The van der Waals surface area contributed by atoms with E-state index in [0.717, 1.165) is 0 Å². The maximum atomic E-state index is 12.2. The molecule has 1 rings (SSSR count). The first-order chi connectivity index (χ1) is 8.47. The minimum absolute atomic E-state index is 0.0531. The molecule has 1 amide bonds. The summed E-state index contributed by atoms with van der Waals surface area (Å²) in [5.74, 6) is 0.427. The maximum Gasteiger partial charge on any atom is 0.251 e. The molecule has 1 heterocycles. The van der Waals surface area contributed by atoms with Crippen LogP contribution in [0.15, 0.2) is 28.6 Å². The Hall–Kier alpha value is -1.53. The summed E-state index contributed by atoms with van der Waals surface area (Å²) in [7, 11) is 3.37. The molecule has 3 N–H and O–H groups in total. The third-order valence-corrected chi connectivity index (χ3v) is 2.84. The summed E-state index contributed by atoms with van der Waals surface area (Å²) < 4.78 is 0. The molecule has 0 aromatic heterocycles. The van der Waals surface area contributed by atoms with Gasteiger partial charge in [0.25, 0.3) is 5.91 Å². The third kappa shape index (κ3) is 2.49. The van der Waals surface area contributed by atoms with Crippen molar-refractivity contribution in [3.8, 4) is 0 Å². The number of carbonyl (C=O) groups excluding carboxylic acids is 1. The van der Waals surface area contributed by atoms with Crippen LogP contribution in [0.2, 0.25) is 0 Å². The number of hydrogen-bond donors (Lipinski definition) is 2. The minimum Gasteiger partial charge on any atom is -0.403 e. The van der Waals surface area contributed by atoms with E-state index in [-0.39, 0.29) is 17.1 Å². The number of piperazine rings is 1. The molecular weight excluding hydrogens is 254 g/mol. The van der Waals surface area contributed by atoms with Gasteiger partial charge in [-0.2, -0.15) is 0 Å². The molecule has 0 aliphatic carbocycles. The molecule has 0 radical (unpaired) electrons. The summed E-state index contributed by atoms with van der Waals surface area (Å²) in [5.41, 5.74) is 8.98. The molecule has 1 atom stereocenters. The zero-order chi connectivity index (χ0) is 13.9. The van der Waals surface area contributed by atoms with Gasteiger partial charge in [0.05, 0.1) is 0 Å². The largest absolute Gasteiger partial charge is 0.403 e. The average molecular weight is 272 g/mol. The van der Waals surface area contributed by atoms with Crippen LogP contribution in [0.3, 0.4) is 0 Å². The standard InChI is InChI=1S/C11H18ClN5O/c1-5-8-11(18)16(4)9(6-13)10(15-7(2)12)17(8)14-3/h6,8,14H,2,5,13H2,1,3-4H3/b9-6+,15-10+. The van der Waals surface area contributed by atoms with Crippen molar-refractivity contribution in [2.24, 2.45) is 10.7 Å². The fourth-order valence-electron chi connectivity index (χ4n) is 1.91. The Kier molecular flexibility index (Phi) is 4.75. The number of aliphatic imine (C=N–C) groups is 1. The topological polar surface area (TPSA) is 74.0 Å². The van der Waals surface area contributed by atoms with E-state index in [9.17, 15) is 4.79 Å². The molecule has 18 heavy (non-hydrogen) atoms. The molecule has 6 nitrogen and oxygen atoms in total. The van der Waals surface area contributed by atoms with Crippen LogP contribution in [0.1, 0.15) is 13.3 Å². The first-order valence-electron chi connectivity index (χ1n) is 5.57. The number of nitrogens with zero attached hydrogens (tertiary/aromatic N) is 3. The number of hydrogen-bond acceptors (Lipinski definition) is 4. The number of amides is 1. The summed E-state index contributed by atoms with van der Waals surface area (Å²) in [6.07, 6.45) is 1.96. The molecule has 1 fully saturated rings. The molecule has 0 spiro atoms. The Morgan fingerprint density at radius 2 is 2.33 bits per heavy atom. The summed E-state index contributed by atoms with van der Waals surface area (Å²) >= 11 is 5.72. The SMILES string of the molecule is C=C(Cl)/N=C1\C(=C/N)N(C)C(=O)C(CC)N1NC. The lowest BCUT2D eigenvalue weighted by atomic mass is 10.1. The van der Waals surface area contributed by atoms with Gasteiger partial charge in [0, 0.05) is 20.3 Å². The number of amidine groups is 1. The lowest BCUT2D eigenvalue weighted by Gasteiger charge is -2.41. The molecule has 1 aliphatic heterocycles. The number of rotatable bonds is 3. The van der Waals surface area contributed by atoms with Crippen molar-refractivity contribution in [3.63, 3.8) is 0 Å². The normalized spacial score (nSPS) is 25.1. The molecule has 7 heteroatoms. The zero-order valence-corrected chi connectivity index (χ0v) is 11.5. The van der Waals surface area contributed by atoms with Gasteiger partial charge in [-0.15, -0.1) is 0 Å². The van der Waals surface area contributed by atoms with Crippen molar-refractivity contribution < 1.29 is 4.79 Å². The molecule has 0 aromatic carbocycles. The predicted octanol–water partition coefficient (Wildman–Crippen LogP) is 0.582. The zero-order valence-electron chi connectivity index (χ0n) is 10.8. The highest BCUT2D eigenvalue weighted by atomic mass is 35.5. The highest BCUT2D eigenvalue weighted by molar-refractivity contribution is 6.30. The number of halogens is 1. The molecule has 1 unspecified atom stereocenters. The second-order valence-electron chi connectivity index (χ2n) is 3.78. The summed E-state index contributed by atoms with van der Waals surface area (Å²) in [6.45, 7) is 5.46. The van der Waals surface area contributed by atoms with E-state index in [4.69, 9.17) is 17.3 Å². The van der Waals surface area contributed by atoms with Gasteiger partial charge in [-0.25, -0.2) is 10.4 Å². The van der Waals surface area contributed by atoms with Crippen molar-refractivity contribution >= 4 is 23.3 Å². The average Bonchev–Trinajstić information content (AvgIpc) is 2.33. The Morgan fingerprint density at radius 3 is 2.72 bits per heavy atom. The van der Waals surface area contributed by atoms with Gasteiger partial charge in [0.15, 0.2) is 5.84 Å². The highest BCUT2D eigenvalue weighted by Gasteiger charge is 2.38. The van der Waals surface area contributed by atoms with Crippen LogP contribution >= 0.6 is 11.6 Å². The Balaban J connectivity index is 3.32. The summed E-state index contributed by atoms with van der Waals surface area (Å²) in [5, 5.41) is 1.77. The molecular formula is C11H18ClN5O. The second kappa shape index (κ2) is 5.88. The van der Waals surface area contributed by atoms with Crippen molar-refractivity contribution in [2.45, 2.75) is 19.4 Å². The Morgan fingerprint density at radius 1 is 1.72 bits per heavy atom. The van der Waals surface area contributed by atoms with E-state index >= 15 is 0 Å². The van der Waals surface area contributed by atoms with Crippen LogP contribution in [0.5, 0.6) is 0 Å². The van der Waals surface area contributed by atoms with Crippen LogP contribution in [-0.2, 0) is 4.79 Å². The Labute approximate surface area is 112 Å². The third-order valence-electron chi connectivity index (χ3n) is 2.76. The minimum atomic E-state index is -0.349. The van der Waals surface area contributed by atoms with E-state index in [0.29, 0.717) is 18.0 Å². The van der Waals surface area contributed by atoms with Gasteiger partial charge in [-0.05, 0) is 6.42 Å². The van der Waals surface area contributed by atoms with Gasteiger partial charge in [0.2, 0.25) is 0 Å². The van der Waals surface area contributed by atoms with E-state index in [1.165, 1.54) is 11.1 Å². The molecule has 1 aliphatic rings. The predicted molar refractivity (Wildman–Crippen MR) is 72.4 cm³/mol. The van der Waals surface area contributed by atoms with Gasteiger partial charge < -0.3 is 10.6 Å². The van der Waals surface area contributed by atoms with Gasteiger partial charge in [-0.1, -0.05) is 25.1 Å². The first kappa shape index (κ1) is 14.5. The van der Waals surface area contributed by atoms with Crippen LogP contribution in [0, 0.1) is 0 Å². The fourth-order valence-corrected chi connectivity index (χ4v) is 1.99. The van der Waals surface area contributed by atoms with Gasteiger partial charge in [-0.3, -0.25) is 9.80 Å². The second-order valence-corrected chi connectivity index (χ2v) is 4.21. The number of likely N-dealkylation sites (N-methyl/N-ethyl adjacent to an activating group) is 1. The first-order valence-corrected chi connectivity index (χ1v) is 5.95. The smallest absolute Gasteiger partial charge is 0.251 e. The number of carbonyl (C=O) groups is 1. The molecule has 1 saturated heterocycles. The Bertz CT molecular complexity index is 418. The van der Waals surface area contributed by atoms with Gasteiger partial charge in [0.1, 0.15) is 16.9 Å². The van der Waals surface area contributed by atoms with Crippen LogP contribution < -0.4 is 11.2 Å². The molecule has 0 bridgehead atoms. The highest BCUT2D eigenvalue weighted by Crippen LogP contribution is 2.21. The number of nitrogens with two attached hydrogens (primary N) is 1. The summed E-state index contributed by atoms with van der Waals surface area (Å²) in [6, 6.07) is -0.349. The van der Waals surface area contributed by atoms with Crippen LogP contribution in [-0.4, -0.2) is 41.8 Å². The number of hydrazine groups is 1. The maximum absolute atomic E-state index is 12.2. The lowest BCUT2D eigenvalue weighted by molar-refractivity contribution is -0.134. The van der Waals surface area contributed by atoms with Crippen LogP contribution in [0.4, 0.5) is 0 Å². The van der Waals surface area contributed by atoms with E-state index in [1.807, 2.05) is 6.92 Å². The van der Waals surface area contributed by atoms with Crippen molar-refractivity contribution in [1.82, 2.24) is 15.3 Å². The van der Waals surface area contributed by atoms with E-state index < -0.39 is 0 Å². The fraction of sp³-hybridized carbons (Fsp3) is 0.455. The van der Waals surface area contributed by atoms with Crippen molar-refractivity contribution in [2.75, 3.05) is 14.1 Å². The molecule has 0 saturated carbocycles. The quantitative estimate of drug-likeness (QED) is 0.737. The monoisotopic (exact) mass is 271 g/mol. The van der Waals surface area contributed by atoms with E-state index in [2.05, 4.69) is 17.0 Å². The molecule has 100 valence electrons.